The molecule has 0 unspecified atom stereocenters. The molecule has 2 rings (SSSR count). The third kappa shape index (κ3) is 3.60. The average Bonchev–Trinajstić information content (AvgIpc) is 2.39. The van der Waals surface area contributed by atoms with Crippen LogP contribution in [0.1, 0.15) is 0 Å². The van der Waals surface area contributed by atoms with Crippen molar-refractivity contribution in [3.05, 3.63) is 48.5 Å². The van der Waals surface area contributed by atoms with Crippen LogP contribution >= 0.6 is 0 Å². The molecule has 0 saturated carbocycles. The first-order chi connectivity index (χ1) is 8.58. The van der Waals surface area contributed by atoms with Gasteiger partial charge in [-0.15, -0.1) is 0 Å². The molecule has 0 atom stereocenters. The lowest BCUT2D eigenvalue weighted by Gasteiger charge is -2.18. The molecule has 18 heavy (non-hydrogen) atoms. The molecule has 84 valence electrons. The molecule has 0 bridgehead atoms. The third-order valence-corrected chi connectivity index (χ3v) is 4.71. The van der Waals surface area contributed by atoms with Crippen molar-refractivity contribution in [3.8, 4) is 11.1 Å². The normalized spacial score (nSPS) is 10.0. The highest BCUT2D eigenvalue weighted by atomic mass is 27.1. The van der Waals surface area contributed by atoms with Crippen LogP contribution in [0.5, 0.6) is 0 Å². The summed E-state index contributed by atoms with van der Waals surface area (Å²) in [4.78, 5) is 0. The van der Waals surface area contributed by atoms with E-state index in [0.717, 1.165) is 33.0 Å². The Balaban J connectivity index is 2.25. The van der Waals surface area contributed by atoms with Gasteiger partial charge in [0.05, 0.1) is 0 Å². The Hall–Kier alpha value is 0.170. The second-order valence-corrected chi connectivity index (χ2v) is 11.4. The van der Waals surface area contributed by atoms with Crippen molar-refractivity contribution in [2.24, 2.45) is 0 Å². The van der Waals surface area contributed by atoms with Crippen molar-refractivity contribution in [1.29, 1.82) is 0 Å². The van der Waals surface area contributed by atoms with Gasteiger partial charge in [-0.3, -0.25) is 0 Å². The minimum absolute atomic E-state index is 1.11. The predicted octanol–water partition coefficient (Wildman–Crippen LogP) is -0.306. The number of rotatable bonds is 3. The van der Waals surface area contributed by atoms with Crippen molar-refractivity contribution < 1.29 is 0 Å². The zero-order valence-electron chi connectivity index (χ0n) is 10.9. The van der Waals surface area contributed by atoms with Gasteiger partial charge in [0.1, 0.15) is 0 Å². The van der Waals surface area contributed by atoms with Gasteiger partial charge in [-0.2, -0.15) is 0 Å². The summed E-state index contributed by atoms with van der Waals surface area (Å²) in [6.45, 7) is 0. The molecule has 6 heteroatoms. The molecule has 0 aliphatic rings. The van der Waals surface area contributed by atoms with Crippen LogP contribution < -0.4 is 5.73 Å². The SMILES string of the molecule is [AlH][N]([AlH])c1ccc(-c2ccc([N]([AlH2])[AlH2])cc2)cc1. The van der Waals surface area contributed by atoms with Gasteiger partial charge in [0.15, 0.2) is 0 Å². The molecular formula is C12H14Al4N2. The van der Waals surface area contributed by atoms with E-state index < -0.39 is 0 Å². The van der Waals surface area contributed by atoms with Crippen LogP contribution in [0.2, 0.25) is 0 Å². The molecule has 2 aromatic carbocycles. The lowest BCUT2D eigenvalue weighted by Crippen LogP contribution is -2.13. The zero-order valence-corrected chi connectivity index (χ0v) is 17.8. The standard InChI is InChI=1S/C12H8N2.4Al.6H/c13-11-5-1-9(2-6-11)10-3-7-12(14)8-4-10;;;;;;;;;;/h1-8H;;;;;;;;;;. The van der Waals surface area contributed by atoms with Crippen molar-refractivity contribution >= 4 is 77.4 Å². The van der Waals surface area contributed by atoms with Gasteiger partial charge in [0.25, 0.3) is 0 Å². The van der Waals surface area contributed by atoms with Gasteiger partial charge in [-0.1, -0.05) is 24.3 Å². The van der Waals surface area contributed by atoms with E-state index in [4.69, 9.17) is 0 Å². The molecule has 0 aromatic heterocycles. The number of hydrogen-bond donors (Lipinski definition) is 0. The smallest absolute Gasteiger partial charge is 0.336 e. The maximum absolute atomic E-state index is 2.39. The molecule has 2 aromatic rings. The van der Waals surface area contributed by atoms with Crippen molar-refractivity contribution in [3.63, 3.8) is 0 Å². The van der Waals surface area contributed by atoms with E-state index in [1.165, 1.54) is 22.5 Å². The monoisotopic (exact) mass is 294 g/mol. The molecule has 0 N–H and O–H groups in total. The van der Waals surface area contributed by atoms with Crippen molar-refractivity contribution in [2.45, 2.75) is 0 Å². The van der Waals surface area contributed by atoms with E-state index in [9.17, 15) is 0 Å². The van der Waals surface area contributed by atoms with Gasteiger partial charge in [-0.05, 0) is 46.8 Å². The van der Waals surface area contributed by atoms with Gasteiger partial charge >= 0.3 is 66.0 Å². The van der Waals surface area contributed by atoms with E-state index in [0.29, 0.717) is 0 Å². The van der Waals surface area contributed by atoms with Crippen molar-refractivity contribution in [1.82, 2.24) is 0 Å². The molecule has 2 nitrogen and oxygen atoms in total. The summed E-state index contributed by atoms with van der Waals surface area (Å²) in [5, 5.41) is 0. The van der Waals surface area contributed by atoms with Crippen LogP contribution in [-0.4, -0.2) is 66.0 Å². The Morgan fingerprint density at radius 3 is 1.39 bits per heavy atom. The van der Waals surface area contributed by atoms with Crippen LogP contribution in [0, 0.1) is 0 Å². The molecule has 0 saturated heterocycles. The van der Waals surface area contributed by atoms with Crippen LogP contribution in [0.25, 0.3) is 11.1 Å². The number of hydrogen-bond acceptors (Lipinski definition) is 2. The van der Waals surface area contributed by atoms with Gasteiger partial charge < -0.3 is 5.73 Å². The molecule has 0 aliphatic carbocycles. The fourth-order valence-corrected chi connectivity index (χ4v) is 2.83. The zero-order chi connectivity index (χ0) is 13.1. The van der Waals surface area contributed by atoms with E-state index in [-0.39, 0.29) is 0 Å². The average molecular weight is 294 g/mol. The number of nitrogens with zero attached hydrogens (tertiary/aromatic N) is 2. The first kappa shape index (κ1) is 14.6. The fourth-order valence-electron chi connectivity index (χ4n) is 1.82. The molecule has 0 fully saturated rings. The Bertz CT molecular complexity index is 459. The summed E-state index contributed by atoms with van der Waals surface area (Å²) >= 11 is 5.97. The fraction of sp³-hybridized carbons (Fsp3) is 0. The summed E-state index contributed by atoms with van der Waals surface area (Å²) in [6, 6.07) is 17.6. The Morgan fingerprint density at radius 1 is 0.667 bits per heavy atom. The third-order valence-electron chi connectivity index (χ3n) is 2.95. The second-order valence-electron chi connectivity index (χ2n) is 4.53. The number of anilines is 2. The topological polar surface area (TPSA) is 6.48 Å². The maximum atomic E-state index is 2.39. The lowest BCUT2D eigenvalue weighted by atomic mass is 10.1. The lowest BCUT2D eigenvalue weighted by molar-refractivity contribution is 1.54. The molecule has 0 spiro atoms. The van der Waals surface area contributed by atoms with Crippen LogP contribution in [0.15, 0.2) is 48.5 Å². The molecule has 0 amide bonds. The molecule has 0 aliphatic heterocycles. The van der Waals surface area contributed by atoms with Gasteiger partial charge in [-0.25, -0.2) is 0 Å². The first-order valence-electron chi connectivity index (χ1n) is 5.87. The summed E-state index contributed by atoms with van der Waals surface area (Å²) < 4.78 is 4.56. The second kappa shape index (κ2) is 6.56. The van der Waals surface area contributed by atoms with Crippen LogP contribution in [-0.2, 0) is 0 Å². The molecule has 0 heterocycles. The van der Waals surface area contributed by atoms with Gasteiger partial charge in [0.2, 0.25) is 0 Å². The Morgan fingerprint density at radius 2 is 1.06 bits per heavy atom. The first-order valence-corrected chi connectivity index (χ1v) is 8.92. The van der Waals surface area contributed by atoms with Crippen molar-refractivity contribution in [2.75, 3.05) is 5.73 Å². The summed E-state index contributed by atoms with van der Waals surface area (Å²) in [7, 11) is 0. The Labute approximate surface area is 142 Å². The maximum Gasteiger partial charge on any atom is 0.336 e. The number of benzene rings is 2. The molecule has 2 radical (unpaired) electrons. The summed E-state index contributed by atoms with van der Waals surface area (Å²) in [5.41, 5.74) is 5.19. The summed E-state index contributed by atoms with van der Waals surface area (Å²) in [6.07, 6.45) is 0. The largest absolute Gasteiger partial charge is 0.578 e. The quantitative estimate of drug-likeness (QED) is 0.717. The van der Waals surface area contributed by atoms with Crippen LogP contribution in [0.3, 0.4) is 0 Å². The van der Waals surface area contributed by atoms with E-state index in [2.05, 4.69) is 54.3 Å². The minimum Gasteiger partial charge on any atom is -0.578 e. The van der Waals surface area contributed by atoms with E-state index in [1.54, 1.807) is 0 Å². The van der Waals surface area contributed by atoms with E-state index >= 15 is 0 Å². The van der Waals surface area contributed by atoms with E-state index in [1.807, 2.05) is 33.0 Å². The van der Waals surface area contributed by atoms with Gasteiger partial charge in [0, 0.05) is 0 Å². The molecular weight excluding hydrogens is 280 g/mol. The van der Waals surface area contributed by atoms with Crippen LogP contribution in [0.4, 0.5) is 11.4 Å². The summed E-state index contributed by atoms with van der Waals surface area (Å²) in [5.74, 6) is 0. The highest BCUT2D eigenvalue weighted by molar-refractivity contribution is 6.42. The Kier molecular flexibility index (Phi) is 5.31. The predicted molar refractivity (Wildman–Crippen MR) is 88.2 cm³/mol. The minimum atomic E-state index is 1.11. The highest BCUT2D eigenvalue weighted by Crippen LogP contribution is 2.24. The highest BCUT2D eigenvalue weighted by Gasteiger charge is 1.99.